The predicted octanol–water partition coefficient (Wildman–Crippen LogP) is 3.97. The number of aryl methyl sites for hydroxylation is 2. The number of esters is 1. The minimum absolute atomic E-state index is 0.226. The molecular weight excluding hydrogens is 368 g/mol. The third-order valence-corrected chi connectivity index (χ3v) is 4.88. The second-order valence-electron chi connectivity index (χ2n) is 6.45. The zero-order valence-corrected chi connectivity index (χ0v) is 15.0. The number of hydrogen-bond donors (Lipinski definition) is 0. The normalized spacial score (nSPS) is 12.8. The molecule has 1 heterocycles. The van der Waals surface area contributed by atoms with Crippen molar-refractivity contribution in [3.05, 3.63) is 80.2 Å². The summed E-state index contributed by atoms with van der Waals surface area (Å²) in [6.07, 6.45) is 3.08. The van der Waals surface area contributed by atoms with Crippen molar-refractivity contribution in [3.8, 4) is 0 Å². The van der Waals surface area contributed by atoms with Gasteiger partial charge in [-0.25, -0.2) is 4.79 Å². The first-order valence-corrected chi connectivity index (χ1v) is 8.94. The van der Waals surface area contributed by atoms with Crippen molar-refractivity contribution >= 4 is 34.3 Å². The molecule has 0 atom stereocenters. The molecule has 0 spiro atoms. The molecule has 0 saturated carbocycles. The van der Waals surface area contributed by atoms with Crippen molar-refractivity contribution < 1.29 is 18.7 Å². The van der Waals surface area contributed by atoms with Gasteiger partial charge in [-0.3, -0.25) is 9.59 Å². The lowest BCUT2D eigenvalue weighted by molar-refractivity contribution is 0.0444. The van der Waals surface area contributed by atoms with Gasteiger partial charge in [0, 0.05) is 16.7 Å². The third-order valence-electron chi connectivity index (χ3n) is 4.65. The van der Waals surface area contributed by atoms with Crippen molar-refractivity contribution in [1.82, 2.24) is 0 Å². The Bertz CT molecular complexity index is 1130. The van der Waals surface area contributed by atoms with Crippen LogP contribution in [0.15, 0.2) is 51.7 Å². The van der Waals surface area contributed by atoms with Gasteiger partial charge in [-0.05, 0) is 54.7 Å². The summed E-state index contributed by atoms with van der Waals surface area (Å²) in [5.74, 6) is -1.41. The second kappa shape index (κ2) is 7.00. The van der Waals surface area contributed by atoms with Crippen molar-refractivity contribution in [1.29, 1.82) is 0 Å². The molecule has 1 aliphatic rings. The number of hydrogen-bond acceptors (Lipinski definition) is 5. The molecule has 2 aromatic carbocycles. The van der Waals surface area contributed by atoms with Crippen LogP contribution in [0, 0.1) is 0 Å². The van der Waals surface area contributed by atoms with Crippen LogP contribution in [-0.2, 0) is 17.6 Å². The maximum absolute atomic E-state index is 12.3. The van der Waals surface area contributed by atoms with Gasteiger partial charge in [0.15, 0.2) is 17.8 Å². The largest absolute Gasteiger partial charge is 0.451 e. The van der Waals surface area contributed by atoms with Crippen molar-refractivity contribution in [2.75, 3.05) is 6.61 Å². The summed E-state index contributed by atoms with van der Waals surface area (Å²) >= 11 is 5.86. The van der Waals surface area contributed by atoms with Gasteiger partial charge in [0.05, 0.1) is 5.39 Å². The van der Waals surface area contributed by atoms with Crippen LogP contribution in [0.2, 0.25) is 5.02 Å². The Labute approximate surface area is 159 Å². The van der Waals surface area contributed by atoms with E-state index in [0.29, 0.717) is 10.6 Å². The molecule has 3 aromatic rings. The molecule has 136 valence electrons. The number of ketones is 1. The number of benzene rings is 2. The number of ether oxygens (including phenoxy) is 1. The molecule has 0 N–H and O–H groups in total. The fourth-order valence-corrected chi connectivity index (χ4v) is 3.43. The summed E-state index contributed by atoms with van der Waals surface area (Å²) in [7, 11) is 0. The topological polar surface area (TPSA) is 73.6 Å². The third kappa shape index (κ3) is 3.51. The number of carbonyl (C=O) groups is 2. The molecule has 0 saturated heterocycles. The smallest absolute Gasteiger partial charge is 0.374 e. The van der Waals surface area contributed by atoms with Crippen molar-refractivity contribution in [2.24, 2.45) is 0 Å². The van der Waals surface area contributed by atoms with E-state index >= 15 is 0 Å². The molecule has 1 aromatic heterocycles. The highest BCUT2D eigenvalue weighted by Crippen LogP contribution is 2.23. The molecule has 0 bridgehead atoms. The first-order chi connectivity index (χ1) is 13.0. The Kier molecular flexibility index (Phi) is 4.54. The lowest BCUT2D eigenvalue weighted by Crippen LogP contribution is -2.16. The molecule has 1 aliphatic carbocycles. The summed E-state index contributed by atoms with van der Waals surface area (Å²) in [5, 5.41) is 0.665. The lowest BCUT2D eigenvalue weighted by Gasteiger charge is -2.06. The second-order valence-corrected chi connectivity index (χ2v) is 6.89. The van der Waals surface area contributed by atoms with E-state index in [2.05, 4.69) is 0 Å². The van der Waals surface area contributed by atoms with E-state index in [4.69, 9.17) is 20.8 Å². The van der Waals surface area contributed by atoms with Crippen LogP contribution < -0.4 is 5.43 Å². The van der Waals surface area contributed by atoms with E-state index in [1.165, 1.54) is 23.3 Å². The predicted molar refractivity (Wildman–Crippen MR) is 101 cm³/mol. The Hall–Kier alpha value is -2.92. The van der Waals surface area contributed by atoms with Crippen LogP contribution in [0.5, 0.6) is 0 Å². The van der Waals surface area contributed by atoms with Gasteiger partial charge in [0.25, 0.3) is 0 Å². The Morgan fingerprint density at radius 1 is 1.04 bits per heavy atom. The quantitative estimate of drug-likeness (QED) is 0.504. The molecule has 6 heteroatoms. The van der Waals surface area contributed by atoms with Gasteiger partial charge in [-0.15, -0.1) is 0 Å². The molecule has 0 aliphatic heterocycles. The van der Waals surface area contributed by atoms with Crippen LogP contribution in [-0.4, -0.2) is 18.4 Å². The Morgan fingerprint density at radius 2 is 1.85 bits per heavy atom. The monoisotopic (exact) mass is 382 g/mol. The van der Waals surface area contributed by atoms with E-state index in [1.54, 1.807) is 12.1 Å². The van der Waals surface area contributed by atoms with E-state index in [-0.39, 0.29) is 22.5 Å². The minimum atomic E-state index is -0.863. The molecule has 0 amide bonds. The molecule has 0 radical (unpaired) electrons. The number of fused-ring (bicyclic) bond motifs is 2. The van der Waals surface area contributed by atoms with E-state index in [1.807, 2.05) is 12.1 Å². The summed E-state index contributed by atoms with van der Waals surface area (Å²) in [4.78, 5) is 36.6. The minimum Gasteiger partial charge on any atom is -0.451 e. The summed E-state index contributed by atoms with van der Waals surface area (Å²) < 4.78 is 10.5. The van der Waals surface area contributed by atoms with Gasteiger partial charge < -0.3 is 9.15 Å². The Balaban J connectivity index is 1.49. The zero-order chi connectivity index (χ0) is 19.0. The molecule has 0 unspecified atom stereocenters. The van der Waals surface area contributed by atoms with Crippen LogP contribution in [0.3, 0.4) is 0 Å². The summed E-state index contributed by atoms with van der Waals surface area (Å²) in [5.41, 5.74) is 2.77. The number of carbonyl (C=O) groups excluding carboxylic acids is 2. The fraction of sp³-hybridized carbons (Fsp3) is 0.190. The molecule has 27 heavy (non-hydrogen) atoms. The molecule has 4 rings (SSSR count). The average Bonchev–Trinajstić information content (AvgIpc) is 3.14. The van der Waals surface area contributed by atoms with E-state index < -0.39 is 18.0 Å². The van der Waals surface area contributed by atoms with E-state index in [0.717, 1.165) is 25.3 Å². The number of Topliss-reactive ketones (excluding diaryl/α,β-unsaturated/α-hetero) is 1. The maximum atomic E-state index is 12.3. The zero-order valence-electron chi connectivity index (χ0n) is 14.3. The Morgan fingerprint density at radius 3 is 2.70 bits per heavy atom. The molecular formula is C21H15ClO5. The van der Waals surface area contributed by atoms with Gasteiger partial charge >= 0.3 is 5.97 Å². The number of rotatable bonds is 4. The lowest BCUT2D eigenvalue weighted by atomic mass is 10.0. The fourth-order valence-electron chi connectivity index (χ4n) is 3.26. The highest BCUT2D eigenvalue weighted by atomic mass is 35.5. The molecule has 5 nitrogen and oxygen atoms in total. The first-order valence-electron chi connectivity index (χ1n) is 8.57. The standard InChI is InChI=1S/C21H15ClO5/c22-15-6-7-19-16(9-15)17(23)10-20(27-19)21(25)26-11-18(24)14-5-4-12-2-1-3-13(12)8-14/h4-10H,1-3,11H2. The highest BCUT2D eigenvalue weighted by molar-refractivity contribution is 6.31. The van der Waals surface area contributed by atoms with E-state index in [9.17, 15) is 14.4 Å². The van der Waals surface area contributed by atoms with Crippen LogP contribution in [0.4, 0.5) is 0 Å². The number of halogens is 1. The SMILES string of the molecule is O=C(COC(=O)c1cc(=O)c2cc(Cl)ccc2o1)c1ccc2c(c1)CCC2. The van der Waals surface area contributed by atoms with Gasteiger partial charge in [0.1, 0.15) is 5.58 Å². The summed E-state index contributed by atoms with van der Waals surface area (Å²) in [6.45, 7) is -0.417. The first kappa shape index (κ1) is 17.5. The van der Waals surface area contributed by atoms with Crippen LogP contribution in [0.25, 0.3) is 11.0 Å². The highest BCUT2D eigenvalue weighted by Gasteiger charge is 2.18. The molecule has 0 fully saturated rings. The average molecular weight is 383 g/mol. The van der Waals surface area contributed by atoms with Crippen LogP contribution >= 0.6 is 11.6 Å². The van der Waals surface area contributed by atoms with Crippen LogP contribution in [0.1, 0.15) is 38.5 Å². The maximum Gasteiger partial charge on any atom is 0.374 e. The van der Waals surface area contributed by atoms with Gasteiger partial charge in [-0.2, -0.15) is 0 Å². The van der Waals surface area contributed by atoms with Crippen molar-refractivity contribution in [2.45, 2.75) is 19.3 Å². The summed E-state index contributed by atoms with van der Waals surface area (Å²) in [6, 6.07) is 11.1. The van der Waals surface area contributed by atoms with Gasteiger partial charge in [-0.1, -0.05) is 23.7 Å². The van der Waals surface area contributed by atoms with Crippen molar-refractivity contribution in [3.63, 3.8) is 0 Å². The van der Waals surface area contributed by atoms with Gasteiger partial charge in [0.2, 0.25) is 5.76 Å².